The molecule has 0 atom stereocenters. The van der Waals surface area contributed by atoms with Crippen LogP contribution >= 0.6 is 11.3 Å². The summed E-state index contributed by atoms with van der Waals surface area (Å²) in [5.74, 6) is 0.476. The van der Waals surface area contributed by atoms with Gasteiger partial charge in [0.05, 0.1) is 22.3 Å². The third-order valence-corrected chi connectivity index (χ3v) is 4.83. The molecular weight excluding hydrogens is 323 g/mol. The number of pyridine rings is 1. The van der Waals surface area contributed by atoms with Crippen LogP contribution < -0.4 is 5.32 Å². The maximum absolute atomic E-state index is 13.7. The topological polar surface area (TPSA) is 42.7 Å². The normalized spacial score (nSPS) is 11.1. The average Bonchev–Trinajstić information content (AvgIpc) is 3.23. The van der Waals surface area contributed by atoms with E-state index >= 15 is 0 Å². The Morgan fingerprint density at radius 2 is 2.08 bits per heavy atom. The van der Waals surface area contributed by atoms with Crippen LogP contribution in [0.25, 0.3) is 21.6 Å². The first-order chi connectivity index (χ1) is 11.7. The van der Waals surface area contributed by atoms with Crippen molar-refractivity contribution in [3.05, 3.63) is 65.4 Å². The number of nitrogens with one attached hydrogen (secondary N) is 1. The number of aromatic nitrogens is 3. The van der Waals surface area contributed by atoms with Crippen LogP contribution in [0.2, 0.25) is 0 Å². The Bertz CT molecular complexity index is 992. The molecule has 0 aliphatic rings. The van der Waals surface area contributed by atoms with Gasteiger partial charge in [0.1, 0.15) is 11.3 Å². The van der Waals surface area contributed by atoms with E-state index in [9.17, 15) is 4.39 Å². The van der Waals surface area contributed by atoms with E-state index in [1.165, 1.54) is 6.07 Å². The van der Waals surface area contributed by atoms with Crippen LogP contribution in [0.5, 0.6) is 0 Å². The SMILES string of the molecule is Cn1c(NCc2ccccc2F)nc2cnc(-c3cccs3)cc21. The van der Waals surface area contributed by atoms with E-state index in [4.69, 9.17) is 0 Å². The fourth-order valence-electron chi connectivity index (χ4n) is 2.63. The van der Waals surface area contributed by atoms with Crippen LogP contribution in [0.3, 0.4) is 0 Å². The molecule has 0 radical (unpaired) electrons. The number of thiophene rings is 1. The van der Waals surface area contributed by atoms with E-state index in [0.717, 1.165) is 21.6 Å². The molecule has 4 nitrogen and oxygen atoms in total. The minimum Gasteiger partial charge on any atom is -0.351 e. The smallest absolute Gasteiger partial charge is 0.203 e. The summed E-state index contributed by atoms with van der Waals surface area (Å²) in [5, 5.41) is 5.23. The molecule has 0 unspecified atom stereocenters. The lowest BCUT2D eigenvalue weighted by Crippen LogP contribution is -2.06. The molecule has 0 bridgehead atoms. The van der Waals surface area contributed by atoms with E-state index in [-0.39, 0.29) is 5.82 Å². The Morgan fingerprint density at radius 1 is 1.21 bits per heavy atom. The molecule has 0 saturated carbocycles. The van der Waals surface area contributed by atoms with Gasteiger partial charge in [-0.2, -0.15) is 0 Å². The Hall–Kier alpha value is -2.73. The summed E-state index contributed by atoms with van der Waals surface area (Å²) in [6.07, 6.45) is 1.78. The fraction of sp³-hybridized carbons (Fsp3) is 0.111. The molecule has 4 aromatic rings. The summed E-state index contributed by atoms with van der Waals surface area (Å²) >= 11 is 1.66. The number of hydrogen-bond acceptors (Lipinski definition) is 4. The molecule has 0 aliphatic heterocycles. The molecule has 120 valence electrons. The molecule has 3 aromatic heterocycles. The summed E-state index contributed by atoms with van der Waals surface area (Å²) < 4.78 is 15.7. The van der Waals surface area contributed by atoms with Gasteiger partial charge in [-0.15, -0.1) is 11.3 Å². The summed E-state index contributed by atoms with van der Waals surface area (Å²) in [6, 6.07) is 12.8. The van der Waals surface area contributed by atoms with Crippen LogP contribution in [0.4, 0.5) is 10.3 Å². The van der Waals surface area contributed by atoms with Gasteiger partial charge in [0, 0.05) is 19.2 Å². The number of fused-ring (bicyclic) bond motifs is 1. The molecule has 0 fully saturated rings. The standard InChI is InChI=1S/C18H15FN4S/c1-23-16-9-14(17-7-4-8-24-17)20-11-15(16)22-18(23)21-10-12-5-2-3-6-13(12)19/h2-9,11H,10H2,1H3,(H,21,22). The Morgan fingerprint density at radius 3 is 2.88 bits per heavy atom. The van der Waals surface area contributed by atoms with Crippen molar-refractivity contribution in [3.63, 3.8) is 0 Å². The van der Waals surface area contributed by atoms with Gasteiger partial charge in [-0.3, -0.25) is 4.98 Å². The third kappa shape index (κ3) is 2.65. The first kappa shape index (κ1) is 14.8. The molecule has 6 heteroatoms. The van der Waals surface area contributed by atoms with Gasteiger partial charge in [-0.1, -0.05) is 24.3 Å². The zero-order valence-corrected chi connectivity index (χ0v) is 13.8. The van der Waals surface area contributed by atoms with Gasteiger partial charge in [-0.05, 0) is 23.6 Å². The number of anilines is 1. The van der Waals surface area contributed by atoms with Crippen LogP contribution in [0.1, 0.15) is 5.56 Å². The molecule has 3 heterocycles. The van der Waals surface area contributed by atoms with Crippen molar-refractivity contribution >= 4 is 28.3 Å². The molecule has 0 saturated heterocycles. The van der Waals surface area contributed by atoms with E-state index in [1.807, 2.05) is 41.3 Å². The van der Waals surface area contributed by atoms with E-state index < -0.39 is 0 Å². The Kier molecular flexibility index (Phi) is 3.74. The monoisotopic (exact) mass is 338 g/mol. The summed E-state index contributed by atoms with van der Waals surface area (Å²) in [7, 11) is 1.94. The molecule has 1 aromatic carbocycles. The first-order valence-corrected chi connectivity index (χ1v) is 8.44. The van der Waals surface area contributed by atoms with E-state index in [2.05, 4.69) is 15.3 Å². The summed E-state index contributed by atoms with van der Waals surface area (Å²) in [5.41, 5.74) is 3.35. The van der Waals surface area contributed by atoms with Crippen molar-refractivity contribution in [1.29, 1.82) is 0 Å². The van der Waals surface area contributed by atoms with Crippen LogP contribution in [-0.2, 0) is 13.6 Å². The Balaban J connectivity index is 1.65. The van der Waals surface area contributed by atoms with Crippen molar-refractivity contribution in [1.82, 2.24) is 14.5 Å². The van der Waals surface area contributed by atoms with Gasteiger partial charge in [0.2, 0.25) is 5.95 Å². The van der Waals surface area contributed by atoms with Gasteiger partial charge >= 0.3 is 0 Å². The second-order valence-electron chi connectivity index (χ2n) is 5.47. The highest BCUT2D eigenvalue weighted by Gasteiger charge is 2.11. The number of halogens is 1. The number of imidazole rings is 1. The van der Waals surface area contributed by atoms with Crippen molar-refractivity contribution < 1.29 is 4.39 Å². The number of benzene rings is 1. The lowest BCUT2D eigenvalue weighted by atomic mass is 10.2. The first-order valence-electron chi connectivity index (χ1n) is 7.56. The number of nitrogens with zero attached hydrogens (tertiary/aromatic N) is 3. The highest BCUT2D eigenvalue weighted by atomic mass is 32.1. The van der Waals surface area contributed by atoms with Gasteiger partial charge in [-0.25, -0.2) is 9.37 Å². The number of rotatable bonds is 4. The number of aryl methyl sites for hydroxylation is 1. The highest BCUT2D eigenvalue weighted by molar-refractivity contribution is 7.13. The maximum atomic E-state index is 13.7. The largest absolute Gasteiger partial charge is 0.351 e. The number of hydrogen-bond donors (Lipinski definition) is 1. The average molecular weight is 338 g/mol. The lowest BCUT2D eigenvalue weighted by Gasteiger charge is -2.07. The van der Waals surface area contributed by atoms with Gasteiger partial charge in [0.15, 0.2) is 0 Å². The van der Waals surface area contributed by atoms with Crippen molar-refractivity contribution in [2.24, 2.45) is 7.05 Å². The Labute approximate surface area is 142 Å². The molecule has 0 spiro atoms. The molecule has 4 rings (SSSR count). The predicted octanol–water partition coefficient (Wildman–Crippen LogP) is 4.45. The van der Waals surface area contributed by atoms with Crippen LogP contribution in [0.15, 0.2) is 54.0 Å². The second kappa shape index (κ2) is 6.05. The molecule has 24 heavy (non-hydrogen) atoms. The lowest BCUT2D eigenvalue weighted by molar-refractivity contribution is 0.612. The predicted molar refractivity (Wildman–Crippen MR) is 95.5 cm³/mol. The van der Waals surface area contributed by atoms with Crippen molar-refractivity contribution in [3.8, 4) is 10.6 Å². The highest BCUT2D eigenvalue weighted by Crippen LogP contribution is 2.27. The molecule has 1 N–H and O–H groups in total. The quantitative estimate of drug-likeness (QED) is 0.598. The van der Waals surface area contributed by atoms with E-state index in [0.29, 0.717) is 18.1 Å². The van der Waals surface area contributed by atoms with Gasteiger partial charge in [0.25, 0.3) is 0 Å². The summed E-state index contributed by atoms with van der Waals surface area (Å²) in [4.78, 5) is 10.2. The fourth-order valence-corrected chi connectivity index (χ4v) is 3.32. The van der Waals surface area contributed by atoms with Crippen LogP contribution in [0, 0.1) is 5.82 Å². The van der Waals surface area contributed by atoms with E-state index in [1.54, 1.807) is 29.7 Å². The zero-order valence-electron chi connectivity index (χ0n) is 13.0. The van der Waals surface area contributed by atoms with Crippen molar-refractivity contribution in [2.45, 2.75) is 6.54 Å². The minimum atomic E-state index is -0.217. The van der Waals surface area contributed by atoms with Crippen LogP contribution in [-0.4, -0.2) is 14.5 Å². The maximum Gasteiger partial charge on any atom is 0.203 e. The molecule has 0 amide bonds. The van der Waals surface area contributed by atoms with Gasteiger partial charge < -0.3 is 9.88 Å². The minimum absolute atomic E-state index is 0.217. The third-order valence-electron chi connectivity index (χ3n) is 3.94. The van der Waals surface area contributed by atoms with Crippen molar-refractivity contribution in [2.75, 3.05) is 5.32 Å². The second-order valence-corrected chi connectivity index (χ2v) is 6.42. The molecule has 0 aliphatic carbocycles. The summed E-state index contributed by atoms with van der Waals surface area (Å²) in [6.45, 7) is 0.384. The zero-order chi connectivity index (χ0) is 16.5. The molecular formula is C18H15FN4S.